The Morgan fingerprint density at radius 2 is 2.18 bits per heavy atom. The minimum atomic E-state index is -0.454. The number of carbonyl (C=O) groups is 1. The zero-order valence-corrected chi connectivity index (χ0v) is 14.3. The highest BCUT2D eigenvalue weighted by Gasteiger charge is 2.30. The molecule has 7 heteroatoms. The average molecular weight is 327 g/mol. The van der Waals surface area contributed by atoms with E-state index in [-0.39, 0.29) is 6.09 Å². The number of rotatable bonds is 3. The minimum Gasteiger partial charge on any atom is -0.444 e. The van der Waals surface area contributed by atoms with E-state index in [1.54, 1.807) is 11.0 Å². The molecule has 0 radical (unpaired) electrons. The van der Waals surface area contributed by atoms with E-state index in [1.165, 1.54) is 0 Å². The Morgan fingerprint density at radius 3 is 2.77 bits per heavy atom. The highest BCUT2D eigenvalue weighted by molar-refractivity contribution is 6.29. The van der Waals surface area contributed by atoms with Gasteiger partial charge in [-0.2, -0.15) is 0 Å². The van der Waals surface area contributed by atoms with Crippen molar-refractivity contribution >= 4 is 23.5 Å². The fourth-order valence-corrected chi connectivity index (χ4v) is 2.57. The molecule has 122 valence electrons. The smallest absolute Gasteiger partial charge is 0.410 e. The summed E-state index contributed by atoms with van der Waals surface area (Å²) in [6.07, 6.45) is 0.730. The van der Waals surface area contributed by atoms with Crippen molar-refractivity contribution < 1.29 is 9.53 Å². The molecule has 1 amide bonds. The Bertz CT molecular complexity index is 515. The molecule has 1 atom stereocenters. The first-order valence-corrected chi connectivity index (χ1v) is 7.81. The SMILES string of the molecule is CN(C[C@H]1CCN(C(=O)OC(C)(C)C)C1)c1ccc(Cl)nn1. The van der Waals surface area contributed by atoms with Gasteiger partial charge in [-0.15, -0.1) is 10.2 Å². The maximum Gasteiger partial charge on any atom is 0.410 e. The van der Waals surface area contributed by atoms with Gasteiger partial charge < -0.3 is 14.5 Å². The number of carbonyl (C=O) groups excluding carboxylic acids is 1. The molecule has 1 aromatic heterocycles. The van der Waals surface area contributed by atoms with Crippen LogP contribution in [0.1, 0.15) is 27.2 Å². The van der Waals surface area contributed by atoms with Crippen molar-refractivity contribution in [3.8, 4) is 0 Å². The number of aromatic nitrogens is 2. The molecule has 1 aliphatic rings. The Hall–Kier alpha value is -1.56. The Kier molecular flexibility index (Phi) is 5.11. The van der Waals surface area contributed by atoms with Crippen molar-refractivity contribution in [3.63, 3.8) is 0 Å². The molecule has 0 aromatic carbocycles. The normalized spacial score (nSPS) is 18.4. The first kappa shape index (κ1) is 16.8. The van der Waals surface area contributed by atoms with Crippen LogP contribution in [0.25, 0.3) is 0 Å². The van der Waals surface area contributed by atoms with Gasteiger partial charge in [0.25, 0.3) is 0 Å². The van der Waals surface area contributed by atoms with Gasteiger partial charge in [0.1, 0.15) is 5.60 Å². The van der Waals surface area contributed by atoms with Crippen LogP contribution in [0.15, 0.2) is 12.1 Å². The molecule has 0 unspecified atom stereocenters. The molecule has 0 saturated carbocycles. The van der Waals surface area contributed by atoms with Gasteiger partial charge in [-0.05, 0) is 45.2 Å². The van der Waals surface area contributed by atoms with Gasteiger partial charge in [-0.25, -0.2) is 4.79 Å². The Morgan fingerprint density at radius 1 is 1.45 bits per heavy atom. The fourth-order valence-electron chi connectivity index (χ4n) is 2.47. The lowest BCUT2D eigenvalue weighted by molar-refractivity contribution is 0.0288. The van der Waals surface area contributed by atoms with E-state index < -0.39 is 5.60 Å². The highest BCUT2D eigenvalue weighted by atomic mass is 35.5. The van der Waals surface area contributed by atoms with Crippen LogP contribution in [0.4, 0.5) is 10.6 Å². The second kappa shape index (κ2) is 6.69. The minimum absolute atomic E-state index is 0.232. The summed E-state index contributed by atoms with van der Waals surface area (Å²) in [7, 11) is 1.97. The molecule has 6 nitrogen and oxygen atoms in total. The van der Waals surface area contributed by atoms with Gasteiger partial charge >= 0.3 is 6.09 Å². The van der Waals surface area contributed by atoms with E-state index in [4.69, 9.17) is 16.3 Å². The number of amides is 1. The Labute approximate surface area is 136 Å². The third-order valence-electron chi connectivity index (χ3n) is 3.48. The summed E-state index contributed by atoms with van der Waals surface area (Å²) < 4.78 is 5.41. The summed E-state index contributed by atoms with van der Waals surface area (Å²) >= 11 is 5.74. The topological polar surface area (TPSA) is 58.6 Å². The van der Waals surface area contributed by atoms with E-state index in [2.05, 4.69) is 10.2 Å². The van der Waals surface area contributed by atoms with Gasteiger partial charge in [0, 0.05) is 26.7 Å². The largest absolute Gasteiger partial charge is 0.444 e. The second-order valence-corrected chi connectivity index (χ2v) is 7.06. The molecule has 2 heterocycles. The van der Waals surface area contributed by atoms with Crippen molar-refractivity contribution in [1.29, 1.82) is 0 Å². The predicted molar refractivity (Wildman–Crippen MR) is 86.2 cm³/mol. The zero-order valence-electron chi connectivity index (χ0n) is 13.5. The molecule has 1 aliphatic heterocycles. The molecule has 0 spiro atoms. The van der Waals surface area contributed by atoms with E-state index in [1.807, 2.05) is 38.8 Å². The summed E-state index contributed by atoms with van der Waals surface area (Å²) in [5.41, 5.74) is -0.454. The van der Waals surface area contributed by atoms with Crippen molar-refractivity contribution in [2.45, 2.75) is 32.8 Å². The van der Waals surface area contributed by atoms with Gasteiger partial charge in [-0.1, -0.05) is 11.6 Å². The first-order chi connectivity index (χ1) is 10.2. The van der Waals surface area contributed by atoms with Crippen LogP contribution < -0.4 is 4.90 Å². The first-order valence-electron chi connectivity index (χ1n) is 7.43. The van der Waals surface area contributed by atoms with Crippen LogP contribution >= 0.6 is 11.6 Å². The maximum atomic E-state index is 12.1. The molecule has 0 aliphatic carbocycles. The summed E-state index contributed by atoms with van der Waals surface area (Å²) in [4.78, 5) is 15.9. The lowest BCUT2D eigenvalue weighted by atomic mass is 10.1. The van der Waals surface area contributed by atoms with Gasteiger partial charge in [-0.3, -0.25) is 0 Å². The molecule has 2 rings (SSSR count). The highest BCUT2D eigenvalue weighted by Crippen LogP contribution is 2.21. The standard InChI is InChI=1S/C15H23ClN4O2/c1-15(2,3)22-14(21)20-8-7-11(10-20)9-19(4)13-6-5-12(16)17-18-13/h5-6,11H,7-10H2,1-4H3/t11-/m1/s1. The van der Waals surface area contributed by atoms with Gasteiger partial charge in [0.2, 0.25) is 0 Å². The molecule has 0 N–H and O–H groups in total. The molecule has 0 bridgehead atoms. The second-order valence-electron chi connectivity index (χ2n) is 6.68. The van der Waals surface area contributed by atoms with E-state index >= 15 is 0 Å². The van der Waals surface area contributed by atoms with Crippen LogP contribution in [-0.4, -0.2) is 53.5 Å². The number of anilines is 1. The van der Waals surface area contributed by atoms with Crippen molar-refractivity contribution in [2.24, 2.45) is 5.92 Å². The number of likely N-dealkylation sites (tertiary alicyclic amines) is 1. The number of hydrogen-bond donors (Lipinski definition) is 0. The summed E-state index contributed by atoms with van der Waals surface area (Å²) in [5, 5.41) is 8.29. The van der Waals surface area contributed by atoms with Crippen molar-refractivity contribution in [2.75, 3.05) is 31.6 Å². The summed E-state index contributed by atoms with van der Waals surface area (Å²) in [5.74, 6) is 1.18. The predicted octanol–water partition coefficient (Wildman–Crippen LogP) is 2.82. The molecule has 1 aromatic rings. The number of halogens is 1. The van der Waals surface area contributed by atoms with E-state index in [0.29, 0.717) is 17.6 Å². The number of ether oxygens (including phenoxy) is 1. The number of hydrogen-bond acceptors (Lipinski definition) is 5. The number of nitrogens with zero attached hydrogens (tertiary/aromatic N) is 4. The van der Waals surface area contributed by atoms with Crippen LogP contribution in [0.3, 0.4) is 0 Å². The van der Waals surface area contributed by atoms with E-state index in [9.17, 15) is 4.79 Å². The molecule has 1 saturated heterocycles. The molecule has 1 fully saturated rings. The maximum absolute atomic E-state index is 12.1. The lowest BCUT2D eigenvalue weighted by Gasteiger charge is -2.25. The van der Waals surface area contributed by atoms with Crippen LogP contribution in [0.2, 0.25) is 5.15 Å². The molecular weight excluding hydrogens is 304 g/mol. The summed E-state index contributed by atoms with van der Waals surface area (Å²) in [6.45, 7) is 7.90. The Balaban J connectivity index is 1.85. The summed E-state index contributed by atoms with van der Waals surface area (Å²) in [6, 6.07) is 3.57. The van der Waals surface area contributed by atoms with Crippen LogP contribution in [-0.2, 0) is 4.74 Å². The van der Waals surface area contributed by atoms with Gasteiger partial charge in [0.05, 0.1) is 0 Å². The third-order valence-corrected chi connectivity index (χ3v) is 3.68. The van der Waals surface area contributed by atoms with Crippen molar-refractivity contribution in [1.82, 2.24) is 15.1 Å². The van der Waals surface area contributed by atoms with Crippen LogP contribution in [0, 0.1) is 5.92 Å². The zero-order chi connectivity index (χ0) is 16.3. The monoisotopic (exact) mass is 326 g/mol. The van der Waals surface area contributed by atoms with E-state index in [0.717, 1.165) is 25.3 Å². The lowest BCUT2D eigenvalue weighted by Crippen LogP contribution is -2.36. The van der Waals surface area contributed by atoms with Crippen LogP contribution in [0.5, 0.6) is 0 Å². The molecule has 22 heavy (non-hydrogen) atoms. The van der Waals surface area contributed by atoms with Gasteiger partial charge in [0.15, 0.2) is 11.0 Å². The molecular formula is C15H23ClN4O2. The quantitative estimate of drug-likeness (QED) is 0.854. The van der Waals surface area contributed by atoms with Crippen molar-refractivity contribution in [3.05, 3.63) is 17.3 Å². The third kappa shape index (κ3) is 4.73. The fraction of sp³-hybridized carbons (Fsp3) is 0.667. The average Bonchev–Trinajstić information content (AvgIpc) is 2.86.